The second-order valence-corrected chi connectivity index (χ2v) is 6.97. The molecule has 11 heteroatoms. The summed E-state index contributed by atoms with van der Waals surface area (Å²) in [5, 5.41) is 0.0906. The maximum Gasteiger partial charge on any atom is 0.303 e. The average molecular weight is 445 g/mol. The highest BCUT2D eigenvalue weighted by molar-refractivity contribution is 6.33. The third-order valence-electron chi connectivity index (χ3n) is 4.43. The fraction of sp³-hybridized carbons (Fsp3) is 0.350. The van der Waals surface area contributed by atoms with Crippen molar-refractivity contribution in [2.75, 3.05) is 6.61 Å². The molecule has 0 N–H and O–H groups in total. The highest BCUT2D eigenvalue weighted by atomic mass is 35.5. The SMILES string of the molecule is CC#Cc1nc2c(Cl)nc(-c3ccco3)nc2n1[C@@H]1OC[C@@H](OC(C)=O)[C@H]1OC(C)=O. The van der Waals surface area contributed by atoms with Gasteiger partial charge in [-0.25, -0.2) is 15.0 Å². The molecular weight excluding hydrogens is 428 g/mol. The van der Waals surface area contributed by atoms with Gasteiger partial charge in [0, 0.05) is 13.8 Å². The molecule has 3 aromatic heterocycles. The van der Waals surface area contributed by atoms with E-state index in [4.69, 9.17) is 30.2 Å². The van der Waals surface area contributed by atoms with Crippen LogP contribution in [0.4, 0.5) is 0 Å². The van der Waals surface area contributed by atoms with Gasteiger partial charge in [0.1, 0.15) is 5.52 Å². The summed E-state index contributed by atoms with van der Waals surface area (Å²) in [5.74, 6) is 5.48. The van der Waals surface area contributed by atoms with Gasteiger partial charge in [0.2, 0.25) is 0 Å². The van der Waals surface area contributed by atoms with Crippen LogP contribution in [0.5, 0.6) is 0 Å². The maximum absolute atomic E-state index is 11.8. The van der Waals surface area contributed by atoms with Crippen LogP contribution in [0.15, 0.2) is 22.8 Å². The van der Waals surface area contributed by atoms with E-state index in [2.05, 4.69) is 26.8 Å². The van der Waals surface area contributed by atoms with Crippen molar-refractivity contribution in [3.63, 3.8) is 0 Å². The van der Waals surface area contributed by atoms with Gasteiger partial charge in [0.25, 0.3) is 0 Å². The summed E-state index contributed by atoms with van der Waals surface area (Å²) in [6.45, 7) is 4.17. The van der Waals surface area contributed by atoms with E-state index in [0.717, 1.165) is 0 Å². The molecule has 1 fully saturated rings. The van der Waals surface area contributed by atoms with Crippen molar-refractivity contribution in [2.24, 2.45) is 0 Å². The van der Waals surface area contributed by atoms with E-state index in [-0.39, 0.29) is 28.9 Å². The number of esters is 2. The number of imidazole rings is 1. The Balaban J connectivity index is 1.89. The van der Waals surface area contributed by atoms with Crippen LogP contribution in [0.25, 0.3) is 22.7 Å². The molecule has 3 atom stereocenters. The van der Waals surface area contributed by atoms with Crippen LogP contribution in [-0.4, -0.2) is 50.3 Å². The topological polar surface area (TPSA) is 119 Å². The normalized spacial score (nSPS) is 20.3. The number of nitrogens with zero attached hydrogens (tertiary/aromatic N) is 4. The Morgan fingerprint density at radius 2 is 2.00 bits per heavy atom. The molecule has 0 aliphatic carbocycles. The lowest BCUT2D eigenvalue weighted by atomic mass is 10.2. The Morgan fingerprint density at radius 1 is 1.23 bits per heavy atom. The predicted molar refractivity (Wildman–Crippen MR) is 107 cm³/mol. The van der Waals surface area contributed by atoms with Crippen molar-refractivity contribution in [2.45, 2.75) is 39.2 Å². The molecule has 1 aliphatic heterocycles. The van der Waals surface area contributed by atoms with Gasteiger partial charge in [0.15, 0.2) is 46.6 Å². The number of ether oxygens (including phenoxy) is 3. The van der Waals surface area contributed by atoms with E-state index in [9.17, 15) is 9.59 Å². The molecule has 4 heterocycles. The smallest absolute Gasteiger partial charge is 0.303 e. The molecule has 160 valence electrons. The first-order valence-corrected chi connectivity index (χ1v) is 9.65. The van der Waals surface area contributed by atoms with E-state index in [1.807, 2.05) is 0 Å². The molecule has 31 heavy (non-hydrogen) atoms. The lowest BCUT2D eigenvalue weighted by Crippen LogP contribution is -2.36. The molecule has 0 spiro atoms. The minimum absolute atomic E-state index is 0.00468. The van der Waals surface area contributed by atoms with Gasteiger partial charge >= 0.3 is 11.9 Å². The van der Waals surface area contributed by atoms with Crippen molar-refractivity contribution in [3.05, 3.63) is 29.4 Å². The van der Waals surface area contributed by atoms with Crippen molar-refractivity contribution < 1.29 is 28.2 Å². The lowest BCUT2D eigenvalue weighted by Gasteiger charge is -2.23. The Labute approximate surface area is 181 Å². The average Bonchev–Trinajstić information content (AvgIpc) is 3.42. The number of carbonyl (C=O) groups is 2. The highest BCUT2D eigenvalue weighted by Gasteiger charge is 2.45. The van der Waals surface area contributed by atoms with Gasteiger partial charge in [-0.3, -0.25) is 14.2 Å². The fourth-order valence-electron chi connectivity index (χ4n) is 3.33. The number of aromatic nitrogens is 4. The molecule has 0 bridgehead atoms. The largest absolute Gasteiger partial charge is 0.461 e. The standard InChI is InChI=1S/C20H17ClN4O6/c1-4-6-14-22-15-17(21)23-18(12-7-5-8-28-12)24-19(15)25(14)20-16(31-11(3)27)13(9-29-20)30-10(2)26/h5,7-8,13,16,20H,9H2,1-3H3/t13-,16-,20-/m1/s1. The van der Waals surface area contributed by atoms with Crippen molar-refractivity contribution in [3.8, 4) is 23.4 Å². The third-order valence-corrected chi connectivity index (χ3v) is 4.69. The second kappa shape index (κ2) is 8.37. The second-order valence-electron chi connectivity index (χ2n) is 6.61. The summed E-state index contributed by atoms with van der Waals surface area (Å²) in [7, 11) is 0. The number of carbonyl (C=O) groups excluding carboxylic acids is 2. The molecule has 4 rings (SSSR count). The molecule has 1 saturated heterocycles. The first kappa shape index (κ1) is 20.8. The first-order chi connectivity index (χ1) is 14.9. The molecule has 1 aliphatic rings. The summed E-state index contributed by atoms with van der Waals surface area (Å²) < 4.78 is 23.5. The van der Waals surface area contributed by atoms with Crippen LogP contribution < -0.4 is 0 Å². The maximum atomic E-state index is 11.8. The van der Waals surface area contributed by atoms with E-state index in [0.29, 0.717) is 11.4 Å². The van der Waals surface area contributed by atoms with Gasteiger partial charge in [-0.05, 0) is 25.0 Å². The van der Waals surface area contributed by atoms with Crippen LogP contribution in [0.1, 0.15) is 32.8 Å². The number of furan rings is 1. The molecule has 0 aromatic carbocycles. The number of hydrogen-bond donors (Lipinski definition) is 0. The van der Waals surface area contributed by atoms with Crippen molar-refractivity contribution >= 4 is 34.7 Å². The van der Waals surface area contributed by atoms with Crippen LogP contribution in [0.2, 0.25) is 5.15 Å². The van der Waals surface area contributed by atoms with Gasteiger partial charge < -0.3 is 18.6 Å². The van der Waals surface area contributed by atoms with Crippen molar-refractivity contribution in [1.82, 2.24) is 19.5 Å². The Morgan fingerprint density at radius 3 is 2.65 bits per heavy atom. The molecule has 3 aromatic rings. The highest BCUT2D eigenvalue weighted by Crippen LogP contribution is 2.35. The molecule has 10 nitrogen and oxygen atoms in total. The van der Waals surface area contributed by atoms with Crippen LogP contribution in [0, 0.1) is 11.8 Å². The lowest BCUT2D eigenvalue weighted by molar-refractivity contribution is -0.164. The molecular formula is C20H17ClN4O6. The minimum atomic E-state index is -0.947. The molecule has 0 unspecified atom stereocenters. The molecule has 0 amide bonds. The fourth-order valence-corrected chi connectivity index (χ4v) is 3.53. The van der Waals surface area contributed by atoms with Crippen LogP contribution >= 0.6 is 11.6 Å². The number of halogens is 1. The molecule has 0 radical (unpaired) electrons. The monoisotopic (exact) mass is 444 g/mol. The summed E-state index contributed by atoms with van der Waals surface area (Å²) in [6, 6.07) is 3.39. The summed E-state index contributed by atoms with van der Waals surface area (Å²) in [5.41, 5.74) is 0.589. The van der Waals surface area contributed by atoms with E-state index in [1.54, 1.807) is 23.6 Å². The zero-order chi connectivity index (χ0) is 22.1. The van der Waals surface area contributed by atoms with Gasteiger partial charge in [-0.2, -0.15) is 0 Å². The first-order valence-electron chi connectivity index (χ1n) is 9.27. The Kier molecular flexibility index (Phi) is 5.63. The van der Waals surface area contributed by atoms with E-state index in [1.165, 1.54) is 20.1 Å². The van der Waals surface area contributed by atoms with E-state index < -0.39 is 30.4 Å². The zero-order valence-electron chi connectivity index (χ0n) is 16.8. The van der Waals surface area contributed by atoms with Gasteiger partial charge in [0.05, 0.1) is 12.9 Å². The third kappa shape index (κ3) is 3.97. The number of rotatable bonds is 4. The zero-order valence-corrected chi connectivity index (χ0v) is 17.5. The summed E-state index contributed by atoms with van der Waals surface area (Å²) >= 11 is 6.38. The summed E-state index contributed by atoms with van der Waals surface area (Å²) in [4.78, 5) is 36.5. The number of hydrogen-bond acceptors (Lipinski definition) is 9. The van der Waals surface area contributed by atoms with E-state index >= 15 is 0 Å². The van der Waals surface area contributed by atoms with Crippen molar-refractivity contribution in [1.29, 1.82) is 0 Å². The van der Waals surface area contributed by atoms with Crippen LogP contribution in [0.3, 0.4) is 0 Å². The quantitative estimate of drug-likeness (QED) is 0.339. The predicted octanol–water partition coefficient (Wildman–Crippen LogP) is 2.50. The summed E-state index contributed by atoms with van der Waals surface area (Å²) in [6.07, 6.45) is -1.18. The van der Waals surface area contributed by atoms with Crippen LogP contribution in [-0.2, 0) is 23.8 Å². The van der Waals surface area contributed by atoms with Gasteiger partial charge in [-0.1, -0.05) is 17.5 Å². The van der Waals surface area contributed by atoms with Gasteiger partial charge in [-0.15, -0.1) is 0 Å². The minimum Gasteiger partial charge on any atom is -0.461 e. The number of fused-ring (bicyclic) bond motifs is 1. The molecule has 0 saturated carbocycles. The Hall–Kier alpha value is -3.42. The Bertz CT molecular complexity index is 1210.